The lowest BCUT2D eigenvalue weighted by Crippen LogP contribution is -2.13. The van der Waals surface area contributed by atoms with Crippen LogP contribution < -0.4 is 10.6 Å². The molecule has 0 atom stereocenters. The number of nitrogens with one attached hydrogen (secondary N) is 2. The number of esters is 1. The van der Waals surface area contributed by atoms with Crippen LogP contribution in [0.1, 0.15) is 46.2 Å². The zero-order chi connectivity index (χ0) is 20.8. The number of hydrogen-bond acceptors (Lipinski definition) is 5. The number of ether oxygens (including phenoxy) is 1. The smallest absolute Gasteiger partial charge is 0.337 e. The summed E-state index contributed by atoms with van der Waals surface area (Å²) in [7, 11) is 1.32. The maximum Gasteiger partial charge on any atom is 0.337 e. The molecule has 1 aromatic heterocycles. The molecule has 0 saturated heterocycles. The molecule has 0 unspecified atom stereocenters. The van der Waals surface area contributed by atoms with Crippen molar-refractivity contribution in [2.45, 2.75) is 19.8 Å². The molecule has 6 nitrogen and oxygen atoms in total. The van der Waals surface area contributed by atoms with E-state index in [1.165, 1.54) is 12.7 Å². The fourth-order valence-corrected chi connectivity index (χ4v) is 2.72. The summed E-state index contributed by atoms with van der Waals surface area (Å²) in [4.78, 5) is 28.1. The average molecular weight is 389 g/mol. The van der Waals surface area contributed by atoms with E-state index in [-0.39, 0.29) is 5.91 Å². The van der Waals surface area contributed by atoms with Crippen molar-refractivity contribution in [2.24, 2.45) is 0 Å². The van der Waals surface area contributed by atoms with Crippen LogP contribution in [0.5, 0.6) is 0 Å². The number of methoxy groups -OCH3 is 1. The molecule has 0 radical (unpaired) electrons. The standard InChI is InChI=1S/C23H23N3O3/c1-15(2)16-4-8-18(9-5-16)25-20-12-13-21(24-14-20)22(27)26-19-10-6-17(7-11-19)23(28)29-3/h4-15,25H,1-3H3,(H,26,27). The molecule has 6 heteroatoms. The number of benzene rings is 2. The van der Waals surface area contributed by atoms with Gasteiger partial charge in [-0.1, -0.05) is 26.0 Å². The van der Waals surface area contributed by atoms with Gasteiger partial charge in [0.2, 0.25) is 0 Å². The number of hydrogen-bond donors (Lipinski definition) is 2. The summed E-state index contributed by atoms with van der Waals surface area (Å²) in [5, 5.41) is 6.02. The molecule has 1 amide bonds. The average Bonchev–Trinajstić information content (AvgIpc) is 2.74. The molecule has 0 bridgehead atoms. The first-order valence-corrected chi connectivity index (χ1v) is 9.29. The Hall–Kier alpha value is -3.67. The van der Waals surface area contributed by atoms with Crippen molar-refractivity contribution in [1.29, 1.82) is 0 Å². The quantitative estimate of drug-likeness (QED) is 0.581. The van der Waals surface area contributed by atoms with Crippen LogP contribution in [-0.2, 0) is 4.74 Å². The van der Waals surface area contributed by atoms with E-state index in [2.05, 4.69) is 46.3 Å². The second-order valence-electron chi connectivity index (χ2n) is 6.86. The van der Waals surface area contributed by atoms with Crippen LogP contribution in [-0.4, -0.2) is 24.0 Å². The van der Waals surface area contributed by atoms with Crippen molar-refractivity contribution in [2.75, 3.05) is 17.7 Å². The lowest BCUT2D eigenvalue weighted by atomic mass is 10.0. The van der Waals surface area contributed by atoms with Crippen molar-refractivity contribution in [3.63, 3.8) is 0 Å². The summed E-state index contributed by atoms with van der Waals surface area (Å²) in [6.45, 7) is 4.31. The van der Waals surface area contributed by atoms with Crippen LogP contribution in [0, 0.1) is 0 Å². The molecule has 3 rings (SSSR count). The van der Waals surface area contributed by atoms with E-state index < -0.39 is 5.97 Å². The monoisotopic (exact) mass is 389 g/mol. The highest BCUT2D eigenvalue weighted by Crippen LogP contribution is 2.20. The Morgan fingerprint density at radius 2 is 1.48 bits per heavy atom. The Morgan fingerprint density at radius 1 is 0.862 bits per heavy atom. The Balaban J connectivity index is 1.61. The predicted octanol–water partition coefficient (Wildman–Crippen LogP) is 4.99. The van der Waals surface area contributed by atoms with Gasteiger partial charge < -0.3 is 15.4 Å². The summed E-state index contributed by atoms with van der Waals surface area (Å²) in [6, 6.07) is 18.1. The van der Waals surface area contributed by atoms with Gasteiger partial charge in [-0.15, -0.1) is 0 Å². The third kappa shape index (κ3) is 5.19. The molecule has 1 heterocycles. The maximum absolute atomic E-state index is 12.4. The van der Waals surface area contributed by atoms with Crippen LogP contribution in [0.25, 0.3) is 0 Å². The second-order valence-corrected chi connectivity index (χ2v) is 6.86. The lowest BCUT2D eigenvalue weighted by Gasteiger charge is -2.10. The summed E-state index contributed by atoms with van der Waals surface area (Å²) in [6.07, 6.45) is 1.62. The third-order valence-electron chi connectivity index (χ3n) is 4.43. The van der Waals surface area contributed by atoms with Crippen LogP contribution >= 0.6 is 0 Å². The SMILES string of the molecule is COC(=O)c1ccc(NC(=O)c2ccc(Nc3ccc(C(C)C)cc3)cn2)cc1. The molecule has 148 valence electrons. The number of aromatic nitrogens is 1. The normalized spacial score (nSPS) is 10.5. The van der Waals surface area contributed by atoms with E-state index >= 15 is 0 Å². The number of pyridine rings is 1. The van der Waals surface area contributed by atoms with Gasteiger partial charge in [0.1, 0.15) is 5.69 Å². The van der Waals surface area contributed by atoms with Gasteiger partial charge in [-0.3, -0.25) is 4.79 Å². The maximum atomic E-state index is 12.4. The molecule has 0 fully saturated rings. The van der Waals surface area contributed by atoms with Crippen molar-refractivity contribution in [1.82, 2.24) is 4.98 Å². The molecule has 0 aliphatic heterocycles. The van der Waals surface area contributed by atoms with Gasteiger partial charge in [-0.05, 0) is 60.0 Å². The number of carbonyl (C=O) groups excluding carboxylic acids is 2. The fraction of sp³-hybridized carbons (Fsp3) is 0.174. The van der Waals surface area contributed by atoms with Crippen LogP contribution in [0.3, 0.4) is 0 Å². The van der Waals surface area contributed by atoms with Gasteiger partial charge >= 0.3 is 5.97 Å². The minimum atomic E-state index is -0.425. The number of anilines is 3. The van der Waals surface area contributed by atoms with E-state index in [0.717, 1.165) is 11.4 Å². The molecule has 3 aromatic rings. The number of nitrogens with zero attached hydrogens (tertiary/aromatic N) is 1. The summed E-state index contributed by atoms with van der Waals surface area (Å²) in [5.74, 6) is -0.268. The minimum Gasteiger partial charge on any atom is -0.465 e. The molecule has 0 aliphatic carbocycles. The molecule has 2 aromatic carbocycles. The van der Waals surface area contributed by atoms with Crippen molar-refractivity contribution < 1.29 is 14.3 Å². The van der Waals surface area contributed by atoms with Gasteiger partial charge in [-0.2, -0.15) is 0 Å². The molecule has 0 aliphatic rings. The minimum absolute atomic E-state index is 0.294. The number of carbonyl (C=O) groups is 2. The lowest BCUT2D eigenvalue weighted by molar-refractivity contribution is 0.0600. The van der Waals surface area contributed by atoms with Gasteiger partial charge in [0.05, 0.1) is 24.6 Å². The van der Waals surface area contributed by atoms with E-state index in [0.29, 0.717) is 22.9 Å². The van der Waals surface area contributed by atoms with Gasteiger partial charge in [-0.25, -0.2) is 9.78 Å². The Kier molecular flexibility index (Phi) is 6.24. The first-order chi connectivity index (χ1) is 14.0. The predicted molar refractivity (Wildman–Crippen MR) is 114 cm³/mol. The summed E-state index contributed by atoms with van der Waals surface area (Å²) in [5.41, 5.74) is 4.31. The first kappa shape index (κ1) is 20.1. The van der Waals surface area contributed by atoms with E-state index in [9.17, 15) is 9.59 Å². The highest BCUT2D eigenvalue weighted by molar-refractivity contribution is 6.03. The molecule has 0 saturated carbocycles. The van der Waals surface area contributed by atoms with Crippen molar-refractivity contribution in [3.05, 3.63) is 83.7 Å². The van der Waals surface area contributed by atoms with E-state index in [4.69, 9.17) is 0 Å². The van der Waals surface area contributed by atoms with Crippen LogP contribution in [0.15, 0.2) is 66.9 Å². The molecule has 2 N–H and O–H groups in total. The Bertz CT molecular complexity index is 979. The van der Waals surface area contributed by atoms with Gasteiger partial charge in [0.15, 0.2) is 0 Å². The van der Waals surface area contributed by atoms with Crippen molar-refractivity contribution in [3.8, 4) is 0 Å². The zero-order valence-corrected chi connectivity index (χ0v) is 16.6. The van der Waals surface area contributed by atoms with Gasteiger partial charge in [0, 0.05) is 11.4 Å². The van der Waals surface area contributed by atoms with Crippen molar-refractivity contribution >= 4 is 28.9 Å². The fourth-order valence-electron chi connectivity index (χ4n) is 2.72. The Morgan fingerprint density at radius 3 is 2.03 bits per heavy atom. The highest BCUT2D eigenvalue weighted by atomic mass is 16.5. The molecule has 29 heavy (non-hydrogen) atoms. The Labute approximate surface area is 169 Å². The topological polar surface area (TPSA) is 80.3 Å². The van der Waals surface area contributed by atoms with Crippen LogP contribution in [0.4, 0.5) is 17.1 Å². The van der Waals surface area contributed by atoms with E-state index in [1.54, 1.807) is 42.6 Å². The first-order valence-electron chi connectivity index (χ1n) is 9.29. The largest absolute Gasteiger partial charge is 0.465 e. The second kappa shape index (κ2) is 9.01. The molecule has 0 spiro atoms. The number of amides is 1. The molecular formula is C23H23N3O3. The van der Waals surface area contributed by atoms with Gasteiger partial charge in [0.25, 0.3) is 5.91 Å². The van der Waals surface area contributed by atoms with Crippen LogP contribution in [0.2, 0.25) is 0 Å². The summed E-state index contributed by atoms with van der Waals surface area (Å²) < 4.78 is 4.65. The molecular weight excluding hydrogens is 366 g/mol. The zero-order valence-electron chi connectivity index (χ0n) is 16.6. The number of rotatable bonds is 6. The highest BCUT2D eigenvalue weighted by Gasteiger charge is 2.09. The summed E-state index contributed by atoms with van der Waals surface area (Å²) >= 11 is 0. The van der Waals surface area contributed by atoms with E-state index in [1.807, 2.05) is 12.1 Å². The third-order valence-corrected chi connectivity index (χ3v) is 4.43.